The quantitative estimate of drug-likeness (QED) is 0.823. The molecule has 1 aromatic carbocycles. The summed E-state index contributed by atoms with van der Waals surface area (Å²) in [5, 5.41) is 0. The van der Waals surface area contributed by atoms with Gasteiger partial charge >= 0.3 is 0 Å². The molecule has 0 atom stereocenters. The normalized spacial score (nSPS) is 17.6. The van der Waals surface area contributed by atoms with Gasteiger partial charge in [-0.2, -0.15) is 0 Å². The van der Waals surface area contributed by atoms with Crippen molar-refractivity contribution < 1.29 is 4.74 Å². The summed E-state index contributed by atoms with van der Waals surface area (Å²) < 4.78 is 5.27. The number of rotatable bonds is 5. The zero-order valence-corrected chi connectivity index (χ0v) is 12.1. The van der Waals surface area contributed by atoms with E-state index in [1.165, 1.54) is 31.6 Å². The summed E-state index contributed by atoms with van der Waals surface area (Å²) in [7, 11) is 1.68. The first-order valence-electron chi connectivity index (χ1n) is 7.09. The van der Waals surface area contributed by atoms with Crippen molar-refractivity contribution in [2.45, 2.75) is 19.9 Å². The lowest BCUT2D eigenvalue weighted by Crippen LogP contribution is -2.45. The van der Waals surface area contributed by atoms with Crippen LogP contribution in [0.5, 0.6) is 5.75 Å². The molecule has 19 heavy (non-hydrogen) atoms. The van der Waals surface area contributed by atoms with E-state index < -0.39 is 0 Å². The van der Waals surface area contributed by atoms with Gasteiger partial charge in [0.2, 0.25) is 0 Å². The van der Waals surface area contributed by atoms with Crippen molar-refractivity contribution in [1.82, 2.24) is 9.80 Å². The van der Waals surface area contributed by atoms with E-state index in [1.54, 1.807) is 7.11 Å². The second kappa shape index (κ2) is 6.78. The van der Waals surface area contributed by atoms with Crippen LogP contribution in [-0.4, -0.2) is 49.6 Å². The van der Waals surface area contributed by atoms with Gasteiger partial charge in [0.1, 0.15) is 5.75 Å². The molecular formula is C15H25N3O. The first-order chi connectivity index (χ1) is 9.21. The molecular weight excluding hydrogens is 238 g/mol. The molecule has 0 amide bonds. The minimum atomic E-state index is 0.777. The van der Waals surface area contributed by atoms with E-state index in [1.807, 2.05) is 12.1 Å². The van der Waals surface area contributed by atoms with Crippen molar-refractivity contribution in [3.05, 3.63) is 23.8 Å². The number of hydrogen-bond donors (Lipinski definition) is 1. The standard InChI is InChI=1S/C15H25N3O/c1-3-4-17-5-7-18(8-6-17)12-13-9-14(16)11-15(10-13)19-2/h9-11H,3-8,12,16H2,1-2H3. The Bertz CT molecular complexity index is 400. The molecule has 0 radical (unpaired) electrons. The lowest BCUT2D eigenvalue weighted by molar-refractivity contribution is 0.127. The summed E-state index contributed by atoms with van der Waals surface area (Å²) in [6, 6.07) is 5.98. The molecule has 0 unspecified atom stereocenters. The number of hydrogen-bond acceptors (Lipinski definition) is 4. The van der Waals surface area contributed by atoms with Crippen LogP contribution < -0.4 is 10.5 Å². The molecule has 2 N–H and O–H groups in total. The molecule has 1 aliphatic rings. The fourth-order valence-corrected chi connectivity index (χ4v) is 2.64. The maximum atomic E-state index is 5.89. The largest absolute Gasteiger partial charge is 0.497 e. The van der Waals surface area contributed by atoms with Crippen LogP contribution in [0.3, 0.4) is 0 Å². The third-order valence-electron chi connectivity index (χ3n) is 3.64. The number of nitrogens with two attached hydrogens (primary N) is 1. The van der Waals surface area contributed by atoms with E-state index in [4.69, 9.17) is 10.5 Å². The Morgan fingerprint density at radius 1 is 1.11 bits per heavy atom. The Kier molecular flexibility index (Phi) is 5.05. The van der Waals surface area contributed by atoms with E-state index >= 15 is 0 Å². The maximum Gasteiger partial charge on any atom is 0.121 e. The first kappa shape index (κ1) is 14.2. The average molecular weight is 263 g/mol. The number of methoxy groups -OCH3 is 1. The van der Waals surface area contributed by atoms with Crippen LogP contribution in [0.1, 0.15) is 18.9 Å². The Morgan fingerprint density at radius 3 is 2.42 bits per heavy atom. The zero-order chi connectivity index (χ0) is 13.7. The molecule has 0 aromatic heterocycles. The van der Waals surface area contributed by atoms with Gasteiger partial charge in [-0.05, 0) is 30.7 Å². The van der Waals surface area contributed by atoms with E-state index in [-0.39, 0.29) is 0 Å². The van der Waals surface area contributed by atoms with E-state index in [0.29, 0.717) is 0 Å². The average Bonchev–Trinajstić information content (AvgIpc) is 2.40. The van der Waals surface area contributed by atoms with Crippen LogP contribution >= 0.6 is 0 Å². The third kappa shape index (κ3) is 4.11. The Morgan fingerprint density at radius 2 is 1.79 bits per heavy atom. The van der Waals surface area contributed by atoms with Gasteiger partial charge in [0, 0.05) is 44.5 Å². The number of nitrogen functional groups attached to an aromatic ring is 1. The van der Waals surface area contributed by atoms with Crippen molar-refractivity contribution in [3.8, 4) is 5.75 Å². The number of benzene rings is 1. The highest BCUT2D eigenvalue weighted by molar-refractivity contribution is 5.47. The van der Waals surface area contributed by atoms with Crippen LogP contribution in [0.15, 0.2) is 18.2 Å². The van der Waals surface area contributed by atoms with Crippen LogP contribution in [0.2, 0.25) is 0 Å². The molecule has 1 fully saturated rings. The molecule has 4 nitrogen and oxygen atoms in total. The van der Waals surface area contributed by atoms with Gasteiger partial charge in [-0.25, -0.2) is 0 Å². The molecule has 0 spiro atoms. The summed E-state index contributed by atoms with van der Waals surface area (Å²) in [6.45, 7) is 9.04. The molecule has 1 aromatic rings. The van der Waals surface area contributed by atoms with Gasteiger partial charge in [0.25, 0.3) is 0 Å². The van der Waals surface area contributed by atoms with E-state index in [9.17, 15) is 0 Å². The Balaban J connectivity index is 1.90. The fraction of sp³-hybridized carbons (Fsp3) is 0.600. The van der Waals surface area contributed by atoms with Crippen molar-refractivity contribution >= 4 is 5.69 Å². The second-order valence-corrected chi connectivity index (χ2v) is 5.23. The van der Waals surface area contributed by atoms with Gasteiger partial charge < -0.3 is 15.4 Å². The molecule has 1 aliphatic heterocycles. The van der Waals surface area contributed by atoms with Gasteiger partial charge in [0.05, 0.1) is 7.11 Å². The zero-order valence-electron chi connectivity index (χ0n) is 12.1. The van der Waals surface area contributed by atoms with Crippen molar-refractivity contribution in [1.29, 1.82) is 0 Å². The van der Waals surface area contributed by atoms with Gasteiger partial charge in [-0.15, -0.1) is 0 Å². The van der Waals surface area contributed by atoms with Crippen molar-refractivity contribution in [2.75, 3.05) is 45.6 Å². The molecule has 4 heteroatoms. The molecule has 0 bridgehead atoms. The molecule has 106 valence electrons. The highest BCUT2D eigenvalue weighted by Gasteiger charge is 2.16. The fourth-order valence-electron chi connectivity index (χ4n) is 2.64. The predicted octanol–water partition coefficient (Wildman–Crippen LogP) is 1.81. The molecule has 1 heterocycles. The van der Waals surface area contributed by atoms with Crippen LogP contribution in [0.4, 0.5) is 5.69 Å². The third-order valence-corrected chi connectivity index (χ3v) is 3.64. The van der Waals surface area contributed by atoms with Crippen molar-refractivity contribution in [3.63, 3.8) is 0 Å². The monoisotopic (exact) mass is 263 g/mol. The van der Waals surface area contributed by atoms with Crippen LogP contribution in [0, 0.1) is 0 Å². The van der Waals surface area contributed by atoms with Crippen LogP contribution in [-0.2, 0) is 6.54 Å². The summed E-state index contributed by atoms with van der Waals surface area (Å²) in [5.41, 5.74) is 7.91. The smallest absolute Gasteiger partial charge is 0.121 e. The number of ether oxygens (including phenoxy) is 1. The SMILES string of the molecule is CCCN1CCN(Cc2cc(N)cc(OC)c2)CC1. The van der Waals surface area contributed by atoms with E-state index in [2.05, 4.69) is 22.8 Å². The van der Waals surface area contributed by atoms with Crippen LogP contribution in [0.25, 0.3) is 0 Å². The summed E-state index contributed by atoms with van der Waals surface area (Å²) in [4.78, 5) is 5.02. The number of piperazine rings is 1. The maximum absolute atomic E-state index is 5.89. The highest BCUT2D eigenvalue weighted by atomic mass is 16.5. The highest BCUT2D eigenvalue weighted by Crippen LogP contribution is 2.20. The Labute approximate surface area is 116 Å². The molecule has 2 rings (SSSR count). The summed E-state index contributed by atoms with van der Waals surface area (Å²) >= 11 is 0. The molecule has 0 aliphatic carbocycles. The van der Waals surface area contributed by atoms with Gasteiger partial charge in [-0.3, -0.25) is 4.90 Å². The topological polar surface area (TPSA) is 41.7 Å². The lowest BCUT2D eigenvalue weighted by Gasteiger charge is -2.34. The van der Waals surface area contributed by atoms with Gasteiger partial charge in [0.15, 0.2) is 0 Å². The molecule has 1 saturated heterocycles. The number of nitrogens with zero attached hydrogens (tertiary/aromatic N) is 2. The summed E-state index contributed by atoms with van der Waals surface area (Å²) in [5.74, 6) is 0.847. The summed E-state index contributed by atoms with van der Waals surface area (Å²) in [6.07, 6.45) is 1.24. The molecule has 0 saturated carbocycles. The van der Waals surface area contributed by atoms with E-state index in [0.717, 1.165) is 31.1 Å². The minimum Gasteiger partial charge on any atom is -0.497 e. The number of anilines is 1. The van der Waals surface area contributed by atoms with Crippen molar-refractivity contribution in [2.24, 2.45) is 0 Å². The predicted molar refractivity (Wildman–Crippen MR) is 79.4 cm³/mol. The van der Waals surface area contributed by atoms with Gasteiger partial charge in [-0.1, -0.05) is 6.92 Å². The lowest BCUT2D eigenvalue weighted by atomic mass is 10.1. The Hall–Kier alpha value is -1.26. The second-order valence-electron chi connectivity index (χ2n) is 5.23. The first-order valence-corrected chi connectivity index (χ1v) is 7.09. The minimum absolute atomic E-state index is 0.777.